The van der Waals surface area contributed by atoms with Crippen LogP contribution in [0, 0.1) is 0 Å². The summed E-state index contributed by atoms with van der Waals surface area (Å²) in [5.41, 5.74) is 5.92. The predicted octanol–water partition coefficient (Wildman–Crippen LogP) is 6.02. The van der Waals surface area contributed by atoms with Gasteiger partial charge in [0.2, 0.25) is 0 Å². The number of fused-ring (bicyclic) bond motifs is 1. The lowest BCUT2D eigenvalue weighted by Gasteiger charge is -2.53. The first-order valence-electron chi connectivity index (χ1n) is 8.76. The molecule has 4 heteroatoms. The minimum absolute atomic E-state index is 0.822. The van der Waals surface area contributed by atoms with Gasteiger partial charge in [-0.2, -0.15) is 0 Å². The number of pyridine rings is 1. The van der Waals surface area contributed by atoms with Crippen molar-refractivity contribution < 1.29 is 0 Å². The first kappa shape index (κ1) is 18.1. The van der Waals surface area contributed by atoms with Crippen molar-refractivity contribution >= 4 is 24.2 Å². The first-order chi connectivity index (χ1) is 9.83. The predicted molar refractivity (Wildman–Crippen MR) is 108 cm³/mol. The van der Waals surface area contributed by atoms with E-state index in [1.165, 1.54) is 6.42 Å². The molecule has 0 radical (unpaired) electrons. The van der Waals surface area contributed by atoms with Gasteiger partial charge in [-0.05, 0) is 40.2 Å². The highest BCUT2D eigenvalue weighted by Gasteiger charge is 2.51. The molecule has 1 aromatic rings. The monoisotopic (exact) mass is 349 g/mol. The molecule has 0 N–H and O–H groups in total. The number of rotatable bonds is 3. The van der Waals surface area contributed by atoms with Gasteiger partial charge in [0.05, 0.1) is 8.07 Å². The highest BCUT2D eigenvalue weighted by molar-refractivity contribution is 6.87. The largest absolute Gasteiger partial charge is 0.264 e. The Bertz CT molecular complexity index is 534. The maximum absolute atomic E-state index is 4.46. The summed E-state index contributed by atoms with van der Waals surface area (Å²) in [5.74, 6) is 0. The van der Waals surface area contributed by atoms with E-state index in [1.807, 2.05) is 6.20 Å². The Morgan fingerprint density at radius 1 is 0.864 bits per heavy atom. The molecular formula is C18H35NSi3. The normalized spacial score (nSPS) is 26.7. The topological polar surface area (TPSA) is 12.9 Å². The molecule has 0 fully saturated rings. The third kappa shape index (κ3) is 3.49. The number of nitrogens with zero attached hydrogens (tertiary/aromatic N) is 1. The summed E-state index contributed by atoms with van der Waals surface area (Å²) in [4.78, 5) is 4.46. The van der Waals surface area contributed by atoms with Gasteiger partial charge in [-0.3, -0.25) is 4.98 Å². The summed E-state index contributed by atoms with van der Waals surface area (Å²) in [5, 5.41) is 0. The fourth-order valence-electron chi connectivity index (χ4n) is 4.66. The van der Waals surface area contributed by atoms with Gasteiger partial charge in [0.25, 0.3) is 0 Å². The van der Waals surface area contributed by atoms with Crippen LogP contribution in [0.3, 0.4) is 0 Å². The molecule has 0 saturated carbocycles. The quantitative estimate of drug-likeness (QED) is 0.608. The van der Waals surface area contributed by atoms with E-state index in [0.29, 0.717) is 0 Å². The Morgan fingerprint density at radius 2 is 1.45 bits per heavy atom. The molecule has 3 unspecified atom stereocenters. The van der Waals surface area contributed by atoms with Crippen molar-refractivity contribution in [1.82, 2.24) is 4.98 Å². The summed E-state index contributed by atoms with van der Waals surface area (Å²) in [6.07, 6.45) is 5.49. The molecule has 1 aliphatic rings. The Kier molecular flexibility index (Phi) is 4.71. The number of aromatic nitrogens is 1. The molecule has 1 aromatic heterocycles. The van der Waals surface area contributed by atoms with Crippen LogP contribution < -0.4 is 0 Å². The maximum Gasteiger partial charge on any atom is 0.0521 e. The second-order valence-corrected chi connectivity index (χ2v) is 26.7. The summed E-state index contributed by atoms with van der Waals surface area (Å²) in [6, 6.07) is 2.35. The fourth-order valence-corrected chi connectivity index (χ4v) is 18.0. The van der Waals surface area contributed by atoms with E-state index < -0.39 is 24.2 Å². The van der Waals surface area contributed by atoms with E-state index >= 15 is 0 Å². The summed E-state index contributed by atoms with van der Waals surface area (Å²) in [6.45, 7) is 23.4. The smallest absolute Gasteiger partial charge is 0.0521 e. The van der Waals surface area contributed by atoms with E-state index in [-0.39, 0.29) is 0 Å². The van der Waals surface area contributed by atoms with Crippen LogP contribution in [0.1, 0.15) is 16.7 Å². The second-order valence-electron chi connectivity index (χ2n) is 10.5. The zero-order valence-electron chi connectivity index (χ0n) is 16.1. The fraction of sp³-hybridized carbons (Fsp3) is 0.722. The zero-order chi connectivity index (χ0) is 16.9. The van der Waals surface area contributed by atoms with Crippen LogP contribution in [0.25, 0.3) is 0 Å². The van der Waals surface area contributed by atoms with Crippen LogP contribution in [0.15, 0.2) is 18.5 Å². The molecule has 0 saturated heterocycles. The van der Waals surface area contributed by atoms with E-state index in [0.717, 1.165) is 16.6 Å². The Balaban J connectivity index is 2.68. The van der Waals surface area contributed by atoms with Gasteiger partial charge >= 0.3 is 0 Å². The van der Waals surface area contributed by atoms with E-state index in [1.54, 1.807) is 11.1 Å². The molecule has 1 heterocycles. The second kappa shape index (κ2) is 5.71. The summed E-state index contributed by atoms with van der Waals surface area (Å²) >= 11 is 0. The molecule has 0 bridgehead atoms. The Labute approximate surface area is 141 Å². The third-order valence-electron chi connectivity index (χ3n) is 5.55. The van der Waals surface area contributed by atoms with Crippen molar-refractivity contribution in [2.24, 2.45) is 0 Å². The molecule has 0 aromatic carbocycles. The van der Waals surface area contributed by atoms with E-state index in [4.69, 9.17) is 0 Å². The molecule has 124 valence electrons. The third-order valence-corrected chi connectivity index (χ3v) is 14.3. The van der Waals surface area contributed by atoms with Crippen molar-refractivity contribution in [3.63, 3.8) is 0 Å². The van der Waals surface area contributed by atoms with Crippen molar-refractivity contribution in [2.45, 2.75) is 82.0 Å². The molecule has 1 nitrogen and oxygen atoms in total. The van der Waals surface area contributed by atoms with E-state index in [2.05, 4.69) is 76.2 Å². The summed E-state index contributed by atoms with van der Waals surface area (Å²) < 4.78 is 0. The minimum Gasteiger partial charge on any atom is -0.264 e. The van der Waals surface area contributed by atoms with Crippen LogP contribution in [0.5, 0.6) is 0 Å². The first-order valence-corrected chi connectivity index (χ1v) is 19.5. The summed E-state index contributed by atoms with van der Waals surface area (Å²) in [7, 11) is -3.68. The molecular weight excluding hydrogens is 314 g/mol. The molecule has 0 aliphatic heterocycles. The van der Waals surface area contributed by atoms with Gasteiger partial charge in [-0.1, -0.05) is 58.9 Å². The van der Waals surface area contributed by atoms with Gasteiger partial charge in [-0.15, -0.1) is 0 Å². The zero-order valence-corrected chi connectivity index (χ0v) is 19.1. The lowest BCUT2D eigenvalue weighted by atomic mass is 9.91. The van der Waals surface area contributed by atoms with Crippen molar-refractivity contribution in [3.05, 3.63) is 29.6 Å². The molecule has 3 atom stereocenters. The highest BCUT2D eigenvalue weighted by Crippen LogP contribution is 2.57. The number of hydrogen-bond donors (Lipinski definition) is 0. The highest BCUT2D eigenvalue weighted by atomic mass is 28.3. The molecule has 22 heavy (non-hydrogen) atoms. The van der Waals surface area contributed by atoms with Gasteiger partial charge in [0.15, 0.2) is 0 Å². The van der Waals surface area contributed by atoms with Crippen molar-refractivity contribution in [1.29, 1.82) is 0 Å². The number of hydrogen-bond acceptors (Lipinski definition) is 1. The maximum atomic E-state index is 4.46. The lowest BCUT2D eigenvalue weighted by molar-refractivity contribution is 0.609. The van der Waals surface area contributed by atoms with Crippen molar-refractivity contribution in [2.75, 3.05) is 0 Å². The van der Waals surface area contributed by atoms with Gasteiger partial charge in [-0.25, -0.2) is 0 Å². The standard InChI is InChI=1S/C18H35NSi3/c1-20(2,3)16-12-14-13-19-11-10-15(14)17(21(4,5)6)18(16)22(7,8)9/h10-11,13,16-18H,12H2,1-9H3. The van der Waals surface area contributed by atoms with Crippen LogP contribution in [-0.4, -0.2) is 29.2 Å². The van der Waals surface area contributed by atoms with Gasteiger partial charge in [0.1, 0.15) is 0 Å². The van der Waals surface area contributed by atoms with Crippen LogP contribution in [0.4, 0.5) is 0 Å². The molecule has 0 amide bonds. The van der Waals surface area contributed by atoms with Crippen LogP contribution >= 0.6 is 0 Å². The molecule has 0 spiro atoms. The molecule has 2 rings (SSSR count). The Morgan fingerprint density at radius 3 is 1.91 bits per heavy atom. The Hall–Kier alpha value is -0.199. The SMILES string of the molecule is C[Si](C)(C)C1Cc2cnccc2C([Si](C)(C)C)C1[Si](C)(C)C. The average molecular weight is 350 g/mol. The minimum atomic E-state index is -1.27. The van der Waals surface area contributed by atoms with Gasteiger partial charge < -0.3 is 0 Å². The van der Waals surface area contributed by atoms with Crippen molar-refractivity contribution in [3.8, 4) is 0 Å². The lowest BCUT2D eigenvalue weighted by Crippen LogP contribution is -2.51. The van der Waals surface area contributed by atoms with Gasteiger partial charge in [0, 0.05) is 28.5 Å². The molecule has 1 aliphatic carbocycles. The van der Waals surface area contributed by atoms with E-state index in [9.17, 15) is 0 Å². The van der Waals surface area contributed by atoms with Crippen LogP contribution in [-0.2, 0) is 6.42 Å². The van der Waals surface area contributed by atoms with Crippen LogP contribution in [0.2, 0.25) is 70.0 Å². The average Bonchev–Trinajstić information content (AvgIpc) is 2.33.